The number of hydrogen-bond donors (Lipinski definition) is 3. The fourth-order valence-corrected chi connectivity index (χ4v) is 5.62. The van der Waals surface area contributed by atoms with Crippen LogP contribution in [0.4, 0.5) is 26.2 Å². The van der Waals surface area contributed by atoms with Crippen LogP contribution in [0.3, 0.4) is 0 Å². The van der Waals surface area contributed by atoms with Crippen LogP contribution in [0.25, 0.3) is 22.3 Å². The third kappa shape index (κ3) is 4.05. The van der Waals surface area contributed by atoms with Crippen molar-refractivity contribution in [1.29, 1.82) is 0 Å². The quantitative estimate of drug-likeness (QED) is 0.320. The van der Waals surface area contributed by atoms with Gasteiger partial charge in [0, 0.05) is 35.4 Å². The number of nitrogens with zero attached hydrogens (tertiary/aromatic N) is 5. The number of rotatable bonds is 6. The first-order valence-electron chi connectivity index (χ1n) is 12.8. The Labute approximate surface area is 212 Å². The van der Waals surface area contributed by atoms with Crippen LogP contribution in [-0.2, 0) is 0 Å². The fraction of sp³-hybridized carbons (Fsp3) is 0.370. The summed E-state index contributed by atoms with van der Waals surface area (Å²) in [6.45, 7) is 2.00. The minimum Gasteiger partial charge on any atom is -0.364 e. The summed E-state index contributed by atoms with van der Waals surface area (Å²) in [5.41, 5.74) is 2.77. The monoisotopic (exact) mass is 500 g/mol. The molecule has 2 unspecified atom stereocenters. The normalized spacial score (nSPS) is 22.8. The number of fused-ring (bicyclic) bond motifs is 2. The van der Waals surface area contributed by atoms with E-state index >= 15 is 0 Å². The third-order valence-corrected chi connectivity index (χ3v) is 8.00. The van der Waals surface area contributed by atoms with Crippen LogP contribution in [0.15, 0.2) is 42.9 Å². The summed E-state index contributed by atoms with van der Waals surface area (Å²) in [5, 5.41) is 11.2. The minimum absolute atomic E-state index is 0.0650. The Morgan fingerprint density at radius 1 is 1.03 bits per heavy atom. The second kappa shape index (κ2) is 8.65. The molecule has 0 spiro atoms. The molecule has 1 aliphatic heterocycles. The Morgan fingerprint density at radius 3 is 2.78 bits per heavy atom. The molecule has 10 heteroatoms. The topological polar surface area (TPSA) is 101 Å². The van der Waals surface area contributed by atoms with E-state index in [-0.39, 0.29) is 11.4 Å². The average molecular weight is 501 g/mol. The van der Waals surface area contributed by atoms with E-state index in [1.165, 1.54) is 12.0 Å². The second-order valence-corrected chi connectivity index (χ2v) is 10.3. The molecule has 3 aliphatic rings. The lowest BCUT2D eigenvalue weighted by Crippen LogP contribution is -2.38. The standard InChI is InChI=1S/C27H26F2N8/c28-19-4-5-21(29)34-25(19)35-22-10-16(6-8-32-22)24-33-20-14-31-13-18(15-2-1-3-15)23(20)26(36-24)37-27-7-9-30-12-17(27)11-27/h4-6,8,10,13-15,17,30H,1-3,7,9,11-12H2,(H,32,34,35)(H,33,36,37). The molecular weight excluding hydrogens is 474 g/mol. The van der Waals surface area contributed by atoms with Crippen LogP contribution >= 0.6 is 0 Å². The van der Waals surface area contributed by atoms with Crippen LogP contribution < -0.4 is 16.0 Å². The van der Waals surface area contributed by atoms with Crippen molar-refractivity contribution in [1.82, 2.24) is 30.2 Å². The van der Waals surface area contributed by atoms with Gasteiger partial charge in [0.2, 0.25) is 5.95 Å². The molecule has 2 aliphatic carbocycles. The van der Waals surface area contributed by atoms with E-state index in [0.29, 0.717) is 29.0 Å². The van der Waals surface area contributed by atoms with E-state index < -0.39 is 11.8 Å². The van der Waals surface area contributed by atoms with Gasteiger partial charge in [-0.2, -0.15) is 9.37 Å². The maximum atomic E-state index is 14.1. The van der Waals surface area contributed by atoms with Gasteiger partial charge in [-0.15, -0.1) is 0 Å². The van der Waals surface area contributed by atoms with E-state index in [9.17, 15) is 8.78 Å². The van der Waals surface area contributed by atoms with Crippen molar-refractivity contribution in [2.75, 3.05) is 23.7 Å². The lowest BCUT2D eigenvalue weighted by Gasteiger charge is -2.29. The van der Waals surface area contributed by atoms with Crippen LogP contribution in [0.1, 0.15) is 43.6 Å². The second-order valence-electron chi connectivity index (χ2n) is 10.3. The van der Waals surface area contributed by atoms with Crippen molar-refractivity contribution >= 4 is 28.4 Å². The first-order valence-corrected chi connectivity index (χ1v) is 12.8. The zero-order valence-corrected chi connectivity index (χ0v) is 20.1. The maximum absolute atomic E-state index is 14.1. The van der Waals surface area contributed by atoms with E-state index in [1.54, 1.807) is 24.5 Å². The van der Waals surface area contributed by atoms with Gasteiger partial charge < -0.3 is 16.0 Å². The molecule has 2 saturated carbocycles. The van der Waals surface area contributed by atoms with Gasteiger partial charge in [0.05, 0.1) is 11.7 Å². The van der Waals surface area contributed by atoms with Crippen molar-refractivity contribution in [3.05, 3.63) is 60.2 Å². The first-order chi connectivity index (χ1) is 18.1. The molecule has 4 aromatic heterocycles. The molecule has 7 rings (SSSR count). The largest absolute Gasteiger partial charge is 0.364 e. The predicted molar refractivity (Wildman–Crippen MR) is 137 cm³/mol. The maximum Gasteiger partial charge on any atom is 0.214 e. The summed E-state index contributed by atoms with van der Waals surface area (Å²) in [7, 11) is 0. The summed E-state index contributed by atoms with van der Waals surface area (Å²) in [5.74, 6) is 1.07. The first kappa shape index (κ1) is 22.4. The summed E-state index contributed by atoms with van der Waals surface area (Å²) < 4.78 is 27.7. The summed E-state index contributed by atoms with van der Waals surface area (Å²) >= 11 is 0. The number of anilines is 3. The van der Waals surface area contributed by atoms with E-state index in [4.69, 9.17) is 9.97 Å². The minimum atomic E-state index is -0.779. The highest BCUT2D eigenvalue weighted by molar-refractivity contribution is 5.94. The molecule has 3 fully saturated rings. The van der Waals surface area contributed by atoms with E-state index in [1.807, 2.05) is 6.20 Å². The molecule has 2 atom stereocenters. The molecule has 188 valence electrons. The lowest BCUT2D eigenvalue weighted by molar-refractivity contribution is 0.421. The van der Waals surface area contributed by atoms with Crippen molar-refractivity contribution in [2.24, 2.45) is 5.92 Å². The number of nitrogens with one attached hydrogen (secondary N) is 3. The molecule has 37 heavy (non-hydrogen) atoms. The highest BCUT2D eigenvalue weighted by Gasteiger charge is 2.55. The zero-order valence-electron chi connectivity index (χ0n) is 20.1. The van der Waals surface area contributed by atoms with Gasteiger partial charge in [0.25, 0.3) is 0 Å². The van der Waals surface area contributed by atoms with Gasteiger partial charge in [-0.05, 0) is 73.9 Å². The van der Waals surface area contributed by atoms with Gasteiger partial charge >= 0.3 is 0 Å². The smallest absolute Gasteiger partial charge is 0.214 e. The molecule has 3 N–H and O–H groups in total. The highest BCUT2D eigenvalue weighted by Crippen LogP contribution is 2.51. The van der Waals surface area contributed by atoms with Gasteiger partial charge in [-0.25, -0.2) is 19.3 Å². The highest BCUT2D eigenvalue weighted by atomic mass is 19.1. The van der Waals surface area contributed by atoms with Crippen molar-refractivity contribution in [3.8, 4) is 11.4 Å². The molecule has 4 aromatic rings. The van der Waals surface area contributed by atoms with Crippen LogP contribution in [0.5, 0.6) is 0 Å². The Bertz CT molecular complexity index is 1510. The molecule has 8 nitrogen and oxygen atoms in total. The average Bonchev–Trinajstić information content (AvgIpc) is 3.59. The van der Waals surface area contributed by atoms with Crippen LogP contribution in [-0.4, -0.2) is 43.5 Å². The molecule has 1 saturated heterocycles. The van der Waals surface area contributed by atoms with Crippen molar-refractivity contribution in [2.45, 2.75) is 43.6 Å². The molecule has 5 heterocycles. The number of halogens is 2. The van der Waals surface area contributed by atoms with Gasteiger partial charge in [-0.3, -0.25) is 4.98 Å². The third-order valence-electron chi connectivity index (χ3n) is 8.00. The Balaban J connectivity index is 1.30. The van der Waals surface area contributed by atoms with Crippen molar-refractivity contribution in [3.63, 3.8) is 0 Å². The summed E-state index contributed by atoms with van der Waals surface area (Å²) in [6.07, 6.45) is 11.1. The van der Waals surface area contributed by atoms with Crippen molar-refractivity contribution < 1.29 is 8.78 Å². The molecular formula is C27H26F2N8. The Kier molecular flexibility index (Phi) is 5.24. The predicted octanol–water partition coefficient (Wildman–Crippen LogP) is 4.94. The van der Waals surface area contributed by atoms with Gasteiger partial charge in [0.1, 0.15) is 11.6 Å². The summed E-state index contributed by atoms with van der Waals surface area (Å²) in [4.78, 5) is 22.3. The Hall–Kier alpha value is -3.79. The summed E-state index contributed by atoms with van der Waals surface area (Å²) in [6, 6.07) is 5.51. The Morgan fingerprint density at radius 2 is 1.95 bits per heavy atom. The molecule has 0 radical (unpaired) electrons. The van der Waals surface area contributed by atoms with E-state index in [2.05, 4.69) is 30.9 Å². The van der Waals surface area contributed by atoms with Gasteiger partial charge in [-0.1, -0.05) is 6.42 Å². The van der Waals surface area contributed by atoms with Gasteiger partial charge in [0.15, 0.2) is 17.5 Å². The fourth-order valence-electron chi connectivity index (χ4n) is 5.62. The molecule has 0 bridgehead atoms. The lowest BCUT2D eigenvalue weighted by atomic mass is 9.79. The van der Waals surface area contributed by atoms with E-state index in [0.717, 1.165) is 67.6 Å². The zero-order chi connectivity index (χ0) is 25.0. The number of pyridine rings is 3. The number of hydrogen-bond acceptors (Lipinski definition) is 8. The molecule has 0 amide bonds. The SMILES string of the molecule is Fc1ccc(F)c(Nc2cc(-c3nc(NC45CCNCC4C5)c4c(C5CCC5)cncc4n3)ccn2)n1. The van der Waals surface area contributed by atoms with Crippen LogP contribution in [0.2, 0.25) is 0 Å². The molecule has 0 aromatic carbocycles. The number of piperidine rings is 1. The van der Waals surface area contributed by atoms with Crippen LogP contribution in [0, 0.1) is 17.7 Å². The number of aromatic nitrogens is 5.